The van der Waals surface area contributed by atoms with E-state index in [0.29, 0.717) is 6.04 Å². The maximum atomic E-state index is 6.46. The van der Waals surface area contributed by atoms with Crippen molar-refractivity contribution in [2.24, 2.45) is 0 Å². The normalized spacial score (nSPS) is 22.7. The van der Waals surface area contributed by atoms with Gasteiger partial charge in [-0.1, -0.05) is 43.1 Å². The molecule has 0 amide bonds. The lowest BCUT2D eigenvalue weighted by molar-refractivity contribution is 0.528. The number of hydrogen-bond acceptors (Lipinski definition) is 2. The highest BCUT2D eigenvalue weighted by molar-refractivity contribution is 7.99. The first-order chi connectivity index (χ1) is 9.79. The molecule has 2 N–H and O–H groups in total. The monoisotopic (exact) mass is 308 g/mol. The van der Waals surface area contributed by atoms with Crippen molar-refractivity contribution in [1.29, 1.82) is 0 Å². The molecule has 2 aromatic rings. The highest BCUT2D eigenvalue weighted by atomic mass is 35.5. The summed E-state index contributed by atoms with van der Waals surface area (Å²) in [7, 11) is 0. The number of aromatic amines is 1. The number of thioether (sulfide) groups is 1. The second-order valence-electron chi connectivity index (χ2n) is 5.38. The molecule has 1 aliphatic carbocycles. The van der Waals surface area contributed by atoms with Gasteiger partial charge in [0.1, 0.15) is 0 Å². The van der Waals surface area contributed by atoms with Crippen LogP contribution < -0.4 is 5.32 Å². The van der Waals surface area contributed by atoms with Gasteiger partial charge in [0.15, 0.2) is 0 Å². The molecule has 2 unspecified atom stereocenters. The summed E-state index contributed by atoms with van der Waals surface area (Å²) in [4.78, 5) is 3.43. The number of nitrogens with one attached hydrogen (secondary N) is 2. The standard InChI is InChI=1S/C16H21ClN2S/c1-2-20-15-9-5-8-13(15)18-10-14-16(17)11-6-3-4-7-12(11)19-14/h3-4,6-7,13,15,18-19H,2,5,8-10H2,1H3. The van der Waals surface area contributed by atoms with E-state index in [1.165, 1.54) is 25.0 Å². The number of para-hydroxylation sites is 1. The number of hydrogen-bond donors (Lipinski definition) is 2. The summed E-state index contributed by atoms with van der Waals surface area (Å²) >= 11 is 8.55. The maximum Gasteiger partial charge on any atom is 0.0705 e. The third-order valence-electron chi connectivity index (χ3n) is 4.09. The predicted octanol–water partition coefficient (Wildman–Crippen LogP) is 4.59. The lowest BCUT2D eigenvalue weighted by Gasteiger charge is -2.19. The first kappa shape index (κ1) is 14.3. The molecule has 1 fully saturated rings. The predicted molar refractivity (Wildman–Crippen MR) is 89.7 cm³/mol. The number of fused-ring (bicyclic) bond motifs is 1. The third-order valence-corrected chi connectivity index (χ3v) is 5.85. The Bertz CT molecular complexity index is 581. The van der Waals surface area contributed by atoms with Crippen LogP contribution in [0.25, 0.3) is 10.9 Å². The van der Waals surface area contributed by atoms with Crippen LogP contribution in [0.2, 0.25) is 5.02 Å². The van der Waals surface area contributed by atoms with E-state index in [1.54, 1.807) is 0 Å². The minimum absolute atomic E-state index is 0.627. The van der Waals surface area contributed by atoms with Crippen molar-refractivity contribution >= 4 is 34.3 Å². The summed E-state index contributed by atoms with van der Waals surface area (Å²) in [5.41, 5.74) is 2.24. The first-order valence-electron chi connectivity index (χ1n) is 7.39. The van der Waals surface area contributed by atoms with Crippen LogP contribution >= 0.6 is 23.4 Å². The largest absolute Gasteiger partial charge is 0.356 e. The van der Waals surface area contributed by atoms with Gasteiger partial charge in [-0.3, -0.25) is 0 Å². The van der Waals surface area contributed by atoms with Crippen LogP contribution in [0.4, 0.5) is 0 Å². The van der Waals surface area contributed by atoms with E-state index >= 15 is 0 Å². The van der Waals surface area contributed by atoms with Crippen molar-refractivity contribution in [2.45, 2.75) is 44.0 Å². The van der Waals surface area contributed by atoms with Gasteiger partial charge >= 0.3 is 0 Å². The van der Waals surface area contributed by atoms with Crippen molar-refractivity contribution in [3.63, 3.8) is 0 Å². The highest BCUT2D eigenvalue weighted by Crippen LogP contribution is 2.31. The van der Waals surface area contributed by atoms with Crippen LogP contribution in [0.1, 0.15) is 31.9 Å². The molecular formula is C16H21ClN2S. The van der Waals surface area contributed by atoms with Crippen LogP contribution in [0.15, 0.2) is 24.3 Å². The summed E-state index contributed by atoms with van der Waals surface area (Å²) < 4.78 is 0. The Kier molecular flexibility index (Phi) is 4.59. The van der Waals surface area contributed by atoms with Crippen molar-refractivity contribution < 1.29 is 0 Å². The van der Waals surface area contributed by atoms with Gasteiger partial charge < -0.3 is 10.3 Å². The molecule has 0 aliphatic heterocycles. The minimum Gasteiger partial charge on any atom is -0.356 e. The highest BCUT2D eigenvalue weighted by Gasteiger charge is 2.26. The maximum absolute atomic E-state index is 6.46. The average molecular weight is 309 g/mol. The summed E-state index contributed by atoms with van der Waals surface area (Å²) in [5, 5.41) is 6.45. The number of H-pyrrole nitrogens is 1. The fourth-order valence-corrected chi connectivity index (χ4v) is 4.60. The van der Waals surface area contributed by atoms with Crippen molar-refractivity contribution in [3.8, 4) is 0 Å². The van der Waals surface area contributed by atoms with Crippen molar-refractivity contribution in [1.82, 2.24) is 10.3 Å². The van der Waals surface area contributed by atoms with Crippen LogP contribution in [-0.4, -0.2) is 22.0 Å². The van der Waals surface area contributed by atoms with Crippen molar-refractivity contribution in [3.05, 3.63) is 35.0 Å². The molecule has 4 heteroatoms. The van der Waals surface area contributed by atoms with Gasteiger partial charge in [-0.2, -0.15) is 11.8 Å². The van der Waals surface area contributed by atoms with Crippen LogP contribution in [0, 0.1) is 0 Å². The third kappa shape index (κ3) is 2.85. The summed E-state index contributed by atoms with van der Waals surface area (Å²) in [6, 6.07) is 8.85. The molecule has 108 valence electrons. The van der Waals surface area contributed by atoms with Gasteiger partial charge in [-0.05, 0) is 24.7 Å². The van der Waals surface area contributed by atoms with Gasteiger partial charge in [0, 0.05) is 34.4 Å². The van der Waals surface area contributed by atoms with Gasteiger partial charge in [-0.25, -0.2) is 0 Å². The molecule has 1 aromatic heterocycles. The zero-order chi connectivity index (χ0) is 13.9. The van der Waals surface area contributed by atoms with E-state index in [9.17, 15) is 0 Å². The Morgan fingerprint density at radius 2 is 2.20 bits per heavy atom. The van der Waals surface area contributed by atoms with E-state index in [4.69, 9.17) is 11.6 Å². The fraction of sp³-hybridized carbons (Fsp3) is 0.500. The zero-order valence-corrected chi connectivity index (χ0v) is 13.4. The number of halogens is 1. The molecule has 20 heavy (non-hydrogen) atoms. The second kappa shape index (κ2) is 6.42. The molecule has 1 aromatic carbocycles. The molecule has 1 heterocycles. The average Bonchev–Trinajstić information content (AvgIpc) is 3.03. The Hall–Kier alpha value is -0.640. The summed E-state index contributed by atoms with van der Waals surface area (Å²) in [6.45, 7) is 3.08. The molecule has 0 bridgehead atoms. The minimum atomic E-state index is 0.627. The summed E-state index contributed by atoms with van der Waals surface area (Å²) in [5.74, 6) is 1.20. The summed E-state index contributed by atoms with van der Waals surface area (Å²) in [6.07, 6.45) is 3.97. The van der Waals surface area contributed by atoms with Gasteiger partial charge in [0.2, 0.25) is 0 Å². The molecule has 2 atom stereocenters. The Labute approximate surface area is 129 Å². The molecular weight excluding hydrogens is 288 g/mol. The Balaban J connectivity index is 1.69. The molecule has 0 saturated heterocycles. The fourth-order valence-electron chi connectivity index (χ4n) is 3.09. The molecule has 0 radical (unpaired) electrons. The molecule has 3 rings (SSSR count). The SMILES string of the molecule is CCSC1CCCC1NCc1[nH]c2ccccc2c1Cl. The van der Waals surface area contributed by atoms with Crippen LogP contribution in [0.3, 0.4) is 0 Å². The van der Waals surface area contributed by atoms with E-state index in [1.807, 2.05) is 12.1 Å². The quantitative estimate of drug-likeness (QED) is 0.846. The lowest BCUT2D eigenvalue weighted by atomic mass is 10.2. The molecule has 0 spiro atoms. The van der Waals surface area contributed by atoms with Crippen LogP contribution in [0.5, 0.6) is 0 Å². The zero-order valence-electron chi connectivity index (χ0n) is 11.8. The number of rotatable bonds is 5. The number of benzene rings is 1. The lowest BCUT2D eigenvalue weighted by Crippen LogP contribution is -2.33. The van der Waals surface area contributed by atoms with E-state index in [-0.39, 0.29) is 0 Å². The molecule has 1 saturated carbocycles. The Morgan fingerprint density at radius 3 is 3.00 bits per heavy atom. The number of aromatic nitrogens is 1. The Morgan fingerprint density at radius 1 is 1.35 bits per heavy atom. The molecule has 2 nitrogen and oxygen atoms in total. The van der Waals surface area contributed by atoms with Gasteiger partial charge in [0.25, 0.3) is 0 Å². The van der Waals surface area contributed by atoms with Crippen LogP contribution in [-0.2, 0) is 6.54 Å². The van der Waals surface area contributed by atoms with Gasteiger partial charge in [-0.15, -0.1) is 0 Å². The second-order valence-corrected chi connectivity index (χ2v) is 7.27. The van der Waals surface area contributed by atoms with E-state index < -0.39 is 0 Å². The molecule has 1 aliphatic rings. The smallest absolute Gasteiger partial charge is 0.0705 e. The first-order valence-corrected chi connectivity index (χ1v) is 8.82. The van der Waals surface area contributed by atoms with E-state index in [2.05, 4.69) is 41.1 Å². The topological polar surface area (TPSA) is 27.8 Å². The van der Waals surface area contributed by atoms with Gasteiger partial charge in [0.05, 0.1) is 5.02 Å². The van der Waals surface area contributed by atoms with E-state index in [0.717, 1.165) is 33.4 Å². The van der Waals surface area contributed by atoms with Crippen molar-refractivity contribution in [2.75, 3.05) is 5.75 Å².